The number of aryl methyl sites for hydroxylation is 2. The molecule has 6 heteroatoms. The molecule has 5 nitrogen and oxygen atoms in total. The van der Waals surface area contributed by atoms with E-state index in [1.165, 1.54) is 0 Å². The molecule has 0 aliphatic rings. The smallest absolute Gasteiger partial charge is 0.227 e. The van der Waals surface area contributed by atoms with Crippen LogP contribution in [0, 0.1) is 6.92 Å². The standard InChI is InChI=1S/C19H21N3O2S/c1-12(2)15-6-4-5-13(3)18(15)20-16(23)7-8-17-21-19(22-24-17)14-9-10-25-11-14/h4-6,9-12H,7-8H2,1-3H3,(H,20,23). The fourth-order valence-corrected chi connectivity index (χ4v) is 3.26. The first kappa shape index (κ1) is 17.4. The second kappa shape index (κ2) is 7.61. The second-order valence-electron chi connectivity index (χ2n) is 6.27. The lowest BCUT2D eigenvalue weighted by Gasteiger charge is -2.16. The van der Waals surface area contributed by atoms with Gasteiger partial charge in [-0.05, 0) is 35.4 Å². The van der Waals surface area contributed by atoms with Gasteiger partial charge in [0.2, 0.25) is 17.6 Å². The predicted molar refractivity (Wildman–Crippen MR) is 99.8 cm³/mol. The molecular formula is C19H21N3O2S. The zero-order valence-corrected chi connectivity index (χ0v) is 15.4. The molecule has 0 bridgehead atoms. The molecule has 1 amide bonds. The van der Waals surface area contributed by atoms with E-state index in [4.69, 9.17) is 4.52 Å². The summed E-state index contributed by atoms with van der Waals surface area (Å²) in [5, 5.41) is 10.9. The van der Waals surface area contributed by atoms with Gasteiger partial charge in [0, 0.05) is 29.5 Å². The third-order valence-electron chi connectivity index (χ3n) is 4.00. The van der Waals surface area contributed by atoms with Gasteiger partial charge in [-0.1, -0.05) is 37.2 Å². The van der Waals surface area contributed by atoms with Gasteiger partial charge in [0.1, 0.15) is 0 Å². The Morgan fingerprint density at radius 1 is 1.32 bits per heavy atom. The Hall–Kier alpha value is -2.47. The molecule has 0 saturated carbocycles. The van der Waals surface area contributed by atoms with E-state index in [0.29, 0.717) is 30.5 Å². The number of rotatable bonds is 6. The van der Waals surface area contributed by atoms with E-state index in [-0.39, 0.29) is 5.91 Å². The number of nitrogens with zero attached hydrogens (tertiary/aromatic N) is 2. The molecule has 2 aromatic heterocycles. The van der Waals surface area contributed by atoms with Gasteiger partial charge < -0.3 is 9.84 Å². The summed E-state index contributed by atoms with van der Waals surface area (Å²) in [6.07, 6.45) is 0.725. The summed E-state index contributed by atoms with van der Waals surface area (Å²) in [5.41, 5.74) is 4.06. The van der Waals surface area contributed by atoms with Crippen LogP contribution in [0.1, 0.15) is 43.2 Å². The minimum Gasteiger partial charge on any atom is -0.339 e. The Morgan fingerprint density at radius 2 is 2.16 bits per heavy atom. The van der Waals surface area contributed by atoms with Crippen LogP contribution in [0.5, 0.6) is 0 Å². The van der Waals surface area contributed by atoms with Gasteiger partial charge in [-0.2, -0.15) is 16.3 Å². The fraction of sp³-hybridized carbons (Fsp3) is 0.316. The van der Waals surface area contributed by atoms with Crippen molar-refractivity contribution >= 4 is 22.9 Å². The average Bonchev–Trinajstić information content (AvgIpc) is 3.25. The van der Waals surface area contributed by atoms with E-state index in [2.05, 4.69) is 35.4 Å². The molecule has 3 rings (SSSR count). The number of benzene rings is 1. The van der Waals surface area contributed by atoms with Crippen molar-refractivity contribution in [1.82, 2.24) is 10.1 Å². The Bertz CT molecular complexity index is 853. The van der Waals surface area contributed by atoms with Gasteiger partial charge in [-0.3, -0.25) is 4.79 Å². The first-order chi connectivity index (χ1) is 12.0. The molecule has 0 spiro atoms. The lowest BCUT2D eigenvalue weighted by molar-refractivity contribution is -0.116. The Morgan fingerprint density at radius 3 is 2.88 bits per heavy atom. The largest absolute Gasteiger partial charge is 0.339 e. The molecule has 3 aromatic rings. The maximum absolute atomic E-state index is 12.3. The van der Waals surface area contributed by atoms with Crippen molar-refractivity contribution in [1.29, 1.82) is 0 Å². The number of hydrogen-bond donors (Lipinski definition) is 1. The minimum absolute atomic E-state index is 0.0496. The third-order valence-corrected chi connectivity index (χ3v) is 4.69. The molecule has 1 N–H and O–H groups in total. The van der Waals surface area contributed by atoms with Crippen LogP contribution in [0.15, 0.2) is 39.5 Å². The summed E-state index contributed by atoms with van der Waals surface area (Å²) in [7, 11) is 0. The Balaban J connectivity index is 1.63. The van der Waals surface area contributed by atoms with Crippen molar-refractivity contribution in [3.05, 3.63) is 52.0 Å². The highest BCUT2D eigenvalue weighted by atomic mass is 32.1. The number of para-hydroxylation sites is 1. The maximum Gasteiger partial charge on any atom is 0.227 e. The van der Waals surface area contributed by atoms with Crippen LogP contribution in [0.25, 0.3) is 11.4 Å². The lowest BCUT2D eigenvalue weighted by atomic mass is 9.98. The maximum atomic E-state index is 12.3. The molecule has 0 saturated heterocycles. The summed E-state index contributed by atoms with van der Waals surface area (Å²) in [6.45, 7) is 6.25. The highest BCUT2D eigenvalue weighted by Gasteiger charge is 2.14. The van der Waals surface area contributed by atoms with Gasteiger partial charge in [-0.15, -0.1) is 0 Å². The number of amides is 1. The van der Waals surface area contributed by atoms with E-state index in [1.54, 1.807) is 11.3 Å². The van der Waals surface area contributed by atoms with Gasteiger partial charge in [0.05, 0.1) is 0 Å². The zero-order valence-electron chi connectivity index (χ0n) is 14.6. The second-order valence-corrected chi connectivity index (χ2v) is 7.05. The van der Waals surface area contributed by atoms with Crippen LogP contribution >= 0.6 is 11.3 Å². The number of aromatic nitrogens is 2. The van der Waals surface area contributed by atoms with Gasteiger partial charge in [0.15, 0.2) is 0 Å². The first-order valence-electron chi connectivity index (χ1n) is 8.29. The third kappa shape index (κ3) is 4.14. The molecule has 0 radical (unpaired) electrons. The van der Waals surface area contributed by atoms with Gasteiger partial charge in [0.25, 0.3) is 0 Å². The van der Waals surface area contributed by atoms with Gasteiger partial charge >= 0.3 is 0 Å². The summed E-state index contributed by atoms with van der Waals surface area (Å²) in [6, 6.07) is 8.02. The van der Waals surface area contributed by atoms with Crippen molar-refractivity contribution < 1.29 is 9.32 Å². The lowest BCUT2D eigenvalue weighted by Crippen LogP contribution is -2.15. The number of carbonyl (C=O) groups is 1. The van der Waals surface area contributed by atoms with Crippen LogP contribution in [0.2, 0.25) is 0 Å². The van der Waals surface area contributed by atoms with E-state index in [1.807, 2.05) is 35.9 Å². The van der Waals surface area contributed by atoms with Crippen molar-refractivity contribution in [2.75, 3.05) is 5.32 Å². The highest BCUT2D eigenvalue weighted by molar-refractivity contribution is 7.08. The van der Waals surface area contributed by atoms with Crippen molar-refractivity contribution in [3.63, 3.8) is 0 Å². The first-order valence-corrected chi connectivity index (χ1v) is 9.23. The van der Waals surface area contributed by atoms with Gasteiger partial charge in [-0.25, -0.2) is 0 Å². The molecule has 0 unspecified atom stereocenters. The predicted octanol–water partition coefficient (Wildman–Crippen LogP) is 4.80. The van der Waals surface area contributed by atoms with Crippen LogP contribution in [-0.4, -0.2) is 16.0 Å². The zero-order chi connectivity index (χ0) is 17.8. The molecule has 2 heterocycles. The van der Waals surface area contributed by atoms with E-state index >= 15 is 0 Å². The Kier molecular flexibility index (Phi) is 5.28. The SMILES string of the molecule is Cc1cccc(C(C)C)c1NC(=O)CCc1nc(-c2ccsc2)no1. The normalized spacial score (nSPS) is 11.0. The van der Waals surface area contributed by atoms with E-state index in [9.17, 15) is 4.79 Å². The van der Waals surface area contributed by atoms with Crippen LogP contribution in [-0.2, 0) is 11.2 Å². The number of hydrogen-bond acceptors (Lipinski definition) is 5. The number of anilines is 1. The Labute approximate surface area is 151 Å². The minimum atomic E-state index is -0.0496. The van der Waals surface area contributed by atoms with E-state index in [0.717, 1.165) is 22.4 Å². The quantitative estimate of drug-likeness (QED) is 0.689. The highest BCUT2D eigenvalue weighted by Crippen LogP contribution is 2.27. The summed E-state index contributed by atoms with van der Waals surface area (Å²) >= 11 is 1.58. The van der Waals surface area contributed by atoms with Crippen LogP contribution < -0.4 is 5.32 Å². The van der Waals surface area contributed by atoms with Crippen LogP contribution in [0.3, 0.4) is 0 Å². The van der Waals surface area contributed by atoms with Crippen LogP contribution in [0.4, 0.5) is 5.69 Å². The average molecular weight is 355 g/mol. The molecule has 0 fully saturated rings. The molecule has 25 heavy (non-hydrogen) atoms. The van der Waals surface area contributed by atoms with Crippen molar-refractivity contribution in [2.24, 2.45) is 0 Å². The molecule has 0 aliphatic heterocycles. The van der Waals surface area contributed by atoms with Crippen molar-refractivity contribution in [3.8, 4) is 11.4 Å². The summed E-state index contributed by atoms with van der Waals surface area (Å²) in [5.74, 6) is 1.34. The summed E-state index contributed by atoms with van der Waals surface area (Å²) < 4.78 is 5.24. The molecular weight excluding hydrogens is 334 g/mol. The van der Waals surface area contributed by atoms with Crippen molar-refractivity contribution in [2.45, 2.75) is 39.5 Å². The molecule has 0 aliphatic carbocycles. The fourth-order valence-electron chi connectivity index (χ4n) is 2.63. The molecule has 130 valence electrons. The monoisotopic (exact) mass is 355 g/mol. The van der Waals surface area contributed by atoms with E-state index < -0.39 is 0 Å². The number of thiophene rings is 1. The molecule has 1 aromatic carbocycles. The number of nitrogens with one attached hydrogen (secondary N) is 1. The topological polar surface area (TPSA) is 68.0 Å². The summed E-state index contributed by atoms with van der Waals surface area (Å²) in [4.78, 5) is 16.7. The molecule has 0 atom stereocenters. The number of carbonyl (C=O) groups excluding carboxylic acids is 1.